The molecule has 0 amide bonds. The van der Waals surface area contributed by atoms with Crippen molar-refractivity contribution in [2.45, 2.75) is 37.3 Å². The molecule has 5 nitrogen and oxygen atoms in total. The Labute approximate surface area is 117 Å². The molecule has 0 aliphatic carbocycles. The maximum atomic E-state index is 6.11. The second kappa shape index (κ2) is 5.83. The van der Waals surface area contributed by atoms with Gasteiger partial charge in [-0.2, -0.15) is 0 Å². The van der Waals surface area contributed by atoms with Gasteiger partial charge in [0.25, 0.3) is 0 Å². The highest BCUT2D eigenvalue weighted by molar-refractivity contribution is 7.03. The zero-order valence-corrected chi connectivity index (χ0v) is 12.1. The minimum absolute atomic E-state index is 0.0414. The van der Waals surface area contributed by atoms with E-state index in [1.165, 1.54) is 11.5 Å². The minimum atomic E-state index is 0.0414. The molecule has 3 heterocycles. The standard InChI is InChI=1S/C13H21N3O2S/c1-14-12(11-9-19-16-15-11)10-2-5-18-13(8-10)3-6-17-7-4-13/h9-10,12,14H,2-8H2,1H3. The van der Waals surface area contributed by atoms with E-state index in [2.05, 4.69) is 14.9 Å². The van der Waals surface area contributed by atoms with Crippen molar-refractivity contribution in [1.82, 2.24) is 14.9 Å². The van der Waals surface area contributed by atoms with Crippen LogP contribution in [-0.4, -0.2) is 42.1 Å². The fourth-order valence-electron chi connectivity index (χ4n) is 3.37. The number of nitrogens with zero attached hydrogens (tertiary/aromatic N) is 2. The van der Waals surface area contributed by atoms with Gasteiger partial charge in [0.2, 0.25) is 0 Å². The summed E-state index contributed by atoms with van der Waals surface area (Å²) in [5, 5.41) is 9.70. The van der Waals surface area contributed by atoms with E-state index in [1.807, 2.05) is 12.4 Å². The van der Waals surface area contributed by atoms with E-state index in [0.717, 1.165) is 51.2 Å². The second-order valence-corrected chi connectivity index (χ2v) is 6.10. The molecule has 2 aliphatic heterocycles. The topological polar surface area (TPSA) is 56.3 Å². The van der Waals surface area contributed by atoms with E-state index in [1.54, 1.807) is 0 Å². The number of ether oxygens (including phenoxy) is 2. The van der Waals surface area contributed by atoms with Gasteiger partial charge in [-0.1, -0.05) is 4.49 Å². The number of hydrogen-bond donors (Lipinski definition) is 1. The molecule has 0 aromatic carbocycles. The van der Waals surface area contributed by atoms with Crippen LogP contribution in [0.5, 0.6) is 0 Å². The maximum absolute atomic E-state index is 6.11. The van der Waals surface area contributed by atoms with Crippen molar-refractivity contribution < 1.29 is 9.47 Å². The van der Waals surface area contributed by atoms with E-state index in [4.69, 9.17) is 9.47 Å². The highest BCUT2D eigenvalue weighted by atomic mass is 32.1. The molecule has 2 aliphatic rings. The molecule has 19 heavy (non-hydrogen) atoms. The van der Waals surface area contributed by atoms with E-state index in [-0.39, 0.29) is 5.60 Å². The van der Waals surface area contributed by atoms with E-state index < -0.39 is 0 Å². The molecular formula is C13H21N3O2S. The normalized spacial score (nSPS) is 28.4. The lowest BCUT2D eigenvalue weighted by Crippen LogP contribution is -2.46. The molecule has 2 fully saturated rings. The molecule has 1 N–H and O–H groups in total. The lowest BCUT2D eigenvalue weighted by atomic mass is 9.77. The Balaban J connectivity index is 1.73. The van der Waals surface area contributed by atoms with Crippen LogP contribution in [0, 0.1) is 5.92 Å². The van der Waals surface area contributed by atoms with Crippen LogP contribution in [0.3, 0.4) is 0 Å². The number of rotatable bonds is 3. The average molecular weight is 283 g/mol. The molecule has 1 aromatic heterocycles. The third kappa shape index (κ3) is 2.81. The Hall–Kier alpha value is -0.560. The van der Waals surface area contributed by atoms with Gasteiger partial charge < -0.3 is 14.8 Å². The molecule has 2 unspecified atom stereocenters. The number of hydrogen-bond acceptors (Lipinski definition) is 6. The fourth-order valence-corrected chi connectivity index (χ4v) is 3.86. The van der Waals surface area contributed by atoms with Crippen LogP contribution in [-0.2, 0) is 9.47 Å². The monoisotopic (exact) mass is 283 g/mol. The lowest BCUT2D eigenvalue weighted by Gasteiger charge is -2.45. The zero-order chi connectivity index (χ0) is 13.1. The van der Waals surface area contributed by atoms with Crippen molar-refractivity contribution in [1.29, 1.82) is 0 Å². The minimum Gasteiger partial charge on any atom is -0.381 e. The first-order valence-electron chi connectivity index (χ1n) is 6.99. The van der Waals surface area contributed by atoms with Crippen LogP contribution in [0.15, 0.2) is 5.38 Å². The van der Waals surface area contributed by atoms with Crippen LogP contribution < -0.4 is 5.32 Å². The highest BCUT2D eigenvalue weighted by Crippen LogP contribution is 2.41. The summed E-state index contributed by atoms with van der Waals surface area (Å²) in [6.07, 6.45) is 4.23. The summed E-state index contributed by atoms with van der Waals surface area (Å²) >= 11 is 1.42. The molecule has 0 radical (unpaired) electrons. The lowest BCUT2D eigenvalue weighted by molar-refractivity contribution is -0.150. The molecule has 2 atom stereocenters. The van der Waals surface area contributed by atoms with Crippen molar-refractivity contribution >= 4 is 11.5 Å². The van der Waals surface area contributed by atoms with Gasteiger partial charge in [-0.05, 0) is 50.2 Å². The summed E-state index contributed by atoms with van der Waals surface area (Å²) < 4.78 is 15.6. The van der Waals surface area contributed by atoms with Gasteiger partial charge in [0, 0.05) is 25.2 Å². The van der Waals surface area contributed by atoms with E-state index in [0.29, 0.717) is 12.0 Å². The Morgan fingerprint density at radius 1 is 1.42 bits per heavy atom. The second-order valence-electron chi connectivity index (χ2n) is 5.49. The molecule has 1 spiro atoms. The Morgan fingerprint density at radius 2 is 2.26 bits per heavy atom. The number of aromatic nitrogens is 2. The van der Waals surface area contributed by atoms with Crippen LogP contribution in [0.2, 0.25) is 0 Å². The van der Waals surface area contributed by atoms with Gasteiger partial charge in [0.1, 0.15) is 0 Å². The smallest absolute Gasteiger partial charge is 0.0927 e. The zero-order valence-electron chi connectivity index (χ0n) is 11.3. The predicted molar refractivity (Wildman–Crippen MR) is 73.2 cm³/mol. The molecule has 2 saturated heterocycles. The quantitative estimate of drug-likeness (QED) is 0.916. The summed E-state index contributed by atoms with van der Waals surface area (Å²) in [7, 11) is 2.01. The number of nitrogens with one attached hydrogen (secondary N) is 1. The van der Waals surface area contributed by atoms with Crippen molar-refractivity contribution in [3.8, 4) is 0 Å². The first kappa shape index (κ1) is 13.4. The summed E-state index contributed by atoms with van der Waals surface area (Å²) in [6, 6.07) is 0.294. The van der Waals surface area contributed by atoms with Gasteiger partial charge >= 0.3 is 0 Å². The van der Waals surface area contributed by atoms with E-state index >= 15 is 0 Å². The Kier molecular flexibility index (Phi) is 4.12. The Morgan fingerprint density at radius 3 is 2.95 bits per heavy atom. The molecule has 3 rings (SSSR count). The van der Waals surface area contributed by atoms with Gasteiger partial charge in [0.05, 0.1) is 17.3 Å². The van der Waals surface area contributed by atoms with Gasteiger partial charge in [-0.25, -0.2) is 0 Å². The first-order chi connectivity index (χ1) is 9.33. The first-order valence-corrected chi connectivity index (χ1v) is 7.83. The SMILES string of the molecule is CNC(c1csnn1)C1CCOC2(CCOCC2)C1. The Bertz CT molecular complexity index is 387. The van der Waals surface area contributed by atoms with Gasteiger partial charge in [-0.15, -0.1) is 5.10 Å². The van der Waals surface area contributed by atoms with Crippen LogP contribution in [0.1, 0.15) is 37.4 Å². The molecule has 0 bridgehead atoms. The molecular weight excluding hydrogens is 262 g/mol. The fraction of sp³-hybridized carbons (Fsp3) is 0.846. The molecule has 6 heteroatoms. The largest absolute Gasteiger partial charge is 0.381 e. The third-order valence-electron chi connectivity index (χ3n) is 4.41. The average Bonchev–Trinajstić information content (AvgIpc) is 2.95. The highest BCUT2D eigenvalue weighted by Gasteiger charge is 2.41. The summed E-state index contributed by atoms with van der Waals surface area (Å²) in [5.74, 6) is 0.570. The summed E-state index contributed by atoms with van der Waals surface area (Å²) in [4.78, 5) is 0. The third-order valence-corrected chi connectivity index (χ3v) is 4.94. The van der Waals surface area contributed by atoms with Crippen LogP contribution in [0.4, 0.5) is 0 Å². The van der Waals surface area contributed by atoms with Crippen molar-refractivity contribution in [3.05, 3.63) is 11.1 Å². The van der Waals surface area contributed by atoms with E-state index in [9.17, 15) is 0 Å². The molecule has 106 valence electrons. The maximum Gasteiger partial charge on any atom is 0.0927 e. The van der Waals surface area contributed by atoms with Crippen LogP contribution in [0.25, 0.3) is 0 Å². The van der Waals surface area contributed by atoms with Gasteiger partial charge in [-0.3, -0.25) is 0 Å². The molecule has 0 saturated carbocycles. The summed E-state index contributed by atoms with van der Waals surface area (Å²) in [5.41, 5.74) is 1.11. The van der Waals surface area contributed by atoms with Gasteiger partial charge in [0.15, 0.2) is 0 Å². The van der Waals surface area contributed by atoms with Crippen molar-refractivity contribution in [2.75, 3.05) is 26.9 Å². The van der Waals surface area contributed by atoms with Crippen molar-refractivity contribution in [3.63, 3.8) is 0 Å². The summed E-state index contributed by atoms with van der Waals surface area (Å²) in [6.45, 7) is 2.50. The van der Waals surface area contributed by atoms with Crippen LogP contribution >= 0.6 is 11.5 Å². The molecule has 1 aromatic rings. The predicted octanol–water partition coefficient (Wildman–Crippen LogP) is 1.77. The van der Waals surface area contributed by atoms with Crippen molar-refractivity contribution in [2.24, 2.45) is 5.92 Å².